The van der Waals surface area contributed by atoms with E-state index in [-0.39, 0.29) is 17.9 Å². The summed E-state index contributed by atoms with van der Waals surface area (Å²) in [4.78, 5) is 29.6. The smallest absolute Gasteiger partial charge is 0.278 e. The Morgan fingerprint density at radius 2 is 1.89 bits per heavy atom. The van der Waals surface area contributed by atoms with Gasteiger partial charge in [0.05, 0.1) is 46.4 Å². The summed E-state index contributed by atoms with van der Waals surface area (Å²) in [7, 11) is 3.30. The molecule has 2 aliphatic rings. The standard InChI is InChI=1S/C20H29N3O4/c1-15(24)22-11-9-21(10-12-22)14-20(25)23-8-4-5-18(23)17-13-16(26-2)6-7-19(17)27-3/h6-7,13,18H,4-5,8-12,14H2,1-3H3/p+1/t18-/m1/s1. The van der Waals surface area contributed by atoms with Crippen molar-refractivity contribution in [2.45, 2.75) is 25.8 Å². The van der Waals surface area contributed by atoms with Gasteiger partial charge in [0, 0.05) is 19.0 Å². The van der Waals surface area contributed by atoms with Crippen LogP contribution in [0.1, 0.15) is 31.4 Å². The van der Waals surface area contributed by atoms with Crippen LogP contribution in [0.3, 0.4) is 0 Å². The molecule has 0 radical (unpaired) electrons. The highest BCUT2D eigenvalue weighted by Gasteiger charge is 2.34. The highest BCUT2D eigenvalue weighted by atomic mass is 16.5. The zero-order valence-electron chi connectivity index (χ0n) is 16.5. The van der Waals surface area contributed by atoms with E-state index >= 15 is 0 Å². The van der Waals surface area contributed by atoms with Gasteiger partial charge < -0.3 is 24.2 Å². The van der Waals surface area contributed by atoms with E-state index in [0.717, 1.165) is 62.6 Å². The Bertz CT molecular complexity index is 686. The topological polar surface area (TPSA) is 63.5 Å². The van der Waals surface area contributed by atoms with E-state index in [9.17, 15) is 9.59 Å². The van der Waals surface area contributed by atoms with Crippen molar-refractivity contribution in [2.24, 2.45) is 0 Å². The van der Waals surface area contributed by atoms with Gasteiger partial charge in [-0.3, -0.25) is 9.59 Å². The third-order valence-corrected chi connectivity index (χ3v) is 5.69. The van der Waals surface area contributed by atoms with Crippen LogP contribution in [0.2, 0.25) is 0 Å². The van der Waals surface area contributed by atoms with E-state index in [2.05, 4.69) is 0 Å². The molecule has 148 valence electrons. The molecule has 3 rings (SSSR count). The number of piperazine rings is 1. The molecule has 1 aromatic rings. The Morgan fingerprint density at radius 1 is 1.15 bits per heavy atom. The van der Waals surface area contributed by atoms with E-state index < -0.39 is 0 Å². The summed E-state index contributed by atoms with van der Waals surface area (Å²) >= 11 is 0. The third kappa shape index (κ3) is 4.35. The highest BCUT2D eigenvalue weighted by molar-refractivity contribution is 5.78. The predicted octanol–water partition coefficient (Wildman–Crippen LogP) is 0.114. The number of benzene rings is 1. The van der Waals surface area contributed by atoms with Crippen LogP contribution < -0.4 is 14.4 Å². The third-order valence-electron chi connectivity index (χ3n) is 5.69. The number of ether oxygens (including phenoxy) is 2. The van der Waals surface area contributed by atoms with Crippen LogP contribution in [-0.4, -0.2) is 75.1 Å². The van der Waals surface area contributed by atoms with Crippen LogP contribution in [0.25, 0.3) is 0 Å². The summed E-state index contributed by atoms with van der Waals surface area (Å²) in [5.74, 6) is 1.86. The molecule has 0 aromatic heterocycles. The van der Waals surface area contributed by atoms with Crippen molar-refractivity contribution in [3.8, 4) is 11.5 Å². The molecule has 2 amide bonds. The summed E-state index contributed by atoms with van der Waals surface area (Å²) in [5.41, 5.74) is 1.01. The molecule has 1 atom stereocenters. The number of hydrogen-bond acceptors (Lipinski definition) is 4. The lowest BCUT2D eigenvalue weighted by Gasteiger charge is -2.33. The Hall–Kier alpha value is -2.28. The average molecular weight is 376 g/mol. The van der Waals surface area contributed by atoms with Crippen molar-refractivity contribution >= 4 is 11.8 Å². The minimum atomic E-state index is 0.0282. The number of rotatable bonds is 5. The second kappa shape index (κ2) is 8.61. The van der Waals surface area contributed by atoms with Gasteiger partial charge in [0.1, 0.15) is 11.5 Å². The fraction of sp³-hybridized carbons (Fsp3) is 0.600. The Morgan fingerprint density at radius 3 is 2.52 bits per heavy atom. The highest BCUT2D eigenvalue weighted by Crippen LogP contribution is 2.38. The number of amides is 2. The van der Waals surface area contributed by atoms with Crippen LogP contribution in [0.15, 0.2) is 18.2 Å². The van der Waals surface area contributed by atoms with Crippen LogP contribution in [-0.2, 0) is 9.59 Å². The minimum absolute atomic E-state index is 0.0282. The lowest BCUT2D eigenvalue weighted by atomic mass is 10.0. The maximum atomic E-state index is 13.0. The number of quaternary nitrogens is 1. The fourth-order valence-electron chi connectivity index (χ4n) is 4.12. The first-order valence-electron chi connectivity index (χ1n) is 9.64. The number of hydrogen-bond donors (Lipinski definition) is 1. The quantitative estimate of drug-likeness (QED) is 0.793. The summed E-state index contributed by atoms with van der Waals surface area (Å²) in [6, 6.07) is 5.79. The lowest BCUT2D eigenvalue weighted by molar-refractivity contribution is -0.896. The molecule has 2 aliphatic heterocycles. The van der Waals surface area contributed by atoms with E-state index in [1.54, 1.807) is 21.1 Å². The SMILES string of the molecule is COc1ccc(OC)c([C@H]2CCCN2C(=O)C[NH+]2CCN(C(C)=O)CC2)c1. The van der Waals surface area contributed by atoms with Crippen LogP contribution in [0.5, 0.6) is 11.5 Å². The minimum Gasteiger partial charge on any atom is -0.497 e. The van der Waals surface area contributed by atoms with Gasteiger partial charge >= 0.3 is 0 Å². The molecule has 27 heavy (non-hydrogen) atoms. The molecule has 1 aromatic carbocycles. The Kier molecular flexibility index (Phi) is 6.21. The second-order valence-electron chi connectivity index (χ2n) is 7.29. The predicted molar refractivity (Wildman–Crippen MR) is 101 cm³/mol. The number of nitrogens with zero attached hydrogens (tertiary/aromatic N) is 2. The van der Waals surface area contributed by atoms with Gasteiger partial charge in [0.15, 0.2) is 6.54 Å². The Labute approximate surface area is 160 Å². The van der Waals surface area contributed by atoms with Gasteiger partial charge in [0.25, 0.3) is 5.91 Å². The number of carbonyl (C=O) groups is 2. The van der Waals surface area contributed by atoms with Crippen LogP contribution >= 0.6 is 0 Å². The molecule has 7 nitrogen and oxygen atoms in total. The van der Waals surface area contributed by atoms with Crippen molar-refractivity contribution in [1.29, 1.82) is 0 Å². The Balaban J connectivity index is 1.68. The van der Waals surface area contributed by atoms with E-state index in [0.29, 0.717) is 6.54 Å². The van der Waals surface area contributed by atoms with Gasteiger partial charge in [0.2, 0.25) is 5.91 Å². The molecular weight excluding hydrogens is 346 g/mol. The van der Waals surface area contributed by atoms with Crippen LogP contribution in [0.4, 0.5) is 0 Å². The number of carbonyl (C=O) groups excluding carboxylic acids is 2. The maximum Gasteiger partial charge on any atom is 0.278 e. The van der Waals surface area contributed by atoms with Gasteiger partial charge in [-0.25, -0.2) is 0 Å². The molecular formula is C20H30N3O4+. The number of methoxy groups -OCH3 is 2. The maximum absolute atomic E-state index is 13.0. The molecule has 2 heterocycles. The molecule has 0 spiro atoms. The second-order valence-corrected chi connectivity index (χ2v) is 7.29. The summed E-state index contributed by atoms with van der Waals surface area (Å²) in [6.07, 6.45) is 1.92. The summed E-state index contributed by atoms with van der Waals surface area (Å²) in [5, 5.41) is 0. The summed E-state index contributed by atoms with van der Waals surface area (Å²) in [6.45, 7) is 5.96. The zero-order chi connectivity index (χ0) is 19.4. The molecule has 0 saturated carbocycles. The van der Waals surface area contributed by atoms with Gasteiger partial charge in [-0.15, -0.1) is 0 Å². The van der Waals surface area contributed by atoms with Gasteiger partial charge in [-0.1, -0.05) is 0 Å². The molecule has 1 N–H and O–H groups in total. The van der Waals surface area contributed by atoms with Crippen molar-refractivity contribution < 1.29 is 24.0 Å². The first-order chi connectivity index (χ1) is 13.0. The first-order valence-corrected chi connectivity index (χ1v) is 9.64. The first kappa shape index (κ1) is 19.5. The zero-order valence-corrected chi connectivity index (χ0v) is 16.5. The van der Waals surface area contributed by atoms with Crippen molar-refractivity contribution in [2.75, 3.05) is 53.5 Å². The monoisotopic (exact) mass is 376 g/mol. The molecule has 0 aliphatic carbocycles. The lowest BCUT2D eigenvalue weighted by Crippen LogP contribution is -3.15. The van der Waals surface area contributed by atoms with Gasteiger partial charge in [-0.05, 0) is 31.0 Å². The van der Waals surface area contributed by atoms with E-state index in [4.69, 9.17) is 9.47 Å². The molecule has 2 saturated heterocycles. The van der Waals surface area contributed by atoms with Gasteiger partial charge in [-0.2, -0.15) is 0 Å². The average Bonchev–Trinajstić information content (AvgIpc) is 3.17. The van der Waals surface area contributed by atoms with E-state index in [1.165, 1.54) is 4.90 Å². The van der Waals surface area contributed by atoms with Crippen molar-refractivity contribution in [3.63, 3.8) is 0 Å². The van der Waals surface area contributed by atoms with Crippen molar-refractivity contribution in [1.82, 2.24) is 9.80 Å². The molecule has 0 bridgehead atoms. The van der Waals surface area contributed by atoms with Crippen LogP contribution in [0, 0.1) is 0 Å². The largest absolute Gasteiger partial charge is 0.497 e. The summed E-state index contributed by atoms with van der Waals surface area (Å²) < 4.78 is 10.9. The fourth-order valence-corrected chi connectivity index (χ4v) is 4.12. The van der Waals surface area contributed by atoms with Crippen molar-refractivity contribution in [3.05, 3.63) is 23.8 Å². The molecule has 0 unspecified atom stereocenters. The molecule has 7 heteroatoms. The normalized spacial score (nSPS) is 20.6. The number of likely N-dealkylation sites (tertiary alicyclic amines) is 1. The molecule has 2 fully saturated rings. The number of nitrogens with one attached hydrogen (secondary N) is 1. The van der Waals surface area contributed by atoms with E-state index in [1.807, 2.05) is 28.0 Å².